The first-order valence-corrected chi connectivity index (χ1v) is 7.67. The number of ketones is 1. The highest BCUT2D eigenvalue weighted by atomic mass is 16.1. The van der Waals surface area contributed by atoms with Crippen LogP contribution in [0.25, 0.3) is 0 Å². The molecule has 0 fully saturated rings. The van der Waals surface area contributed by atoms with Gasteiger partial charge in [-0.15, -0.1) is 0 Å². The minimum Gasteiger partial charge on any atom is -0.309 e. The molecule has 0 amide bonds. The lowest BCUT2D eigenvalue weighted by Gasteiger charge is -2.04. The third-order valence-corrected chi connectivity index (χ3v) is 3.92. The van der Waals surface area contributed by atoms with Gasteiger partial charge in [0, 0.05) is 25.1 Å². The Hall–Kier alpha value is -1.15. The molecular weight excluding hydrogens is 234 g/mol. The predicted octanol–water partition coefficient (Wildman–Crippen LogP) is 4.22. The van der Waals surface area contributed by atoms with E-state index in [1.807, 2.05) is 6.07 Å². The van der Waals surface area contributed by atoms with E-state index in [4.69, 9.17) is 0 Å². The Bertz CT molecular complexity index is 425. The highest BCUT2D eigenvalue weighted by Gasteiger charge is 2.13. The molecule has 0 atom stereocenters. The summed E-state index contributed by atoms with van der Waals surface area (Å²) in [6.07, 6.45) is 8.13. The van der Waals surface area contributed by atoms with E-state index in [-0.39, 0.29) is 0 Å². The normalized spacial score (nSPS) is 13.5. The van der Waals surface area contributed by atoms with Crippen molar-refractivity contribution in [3.8, 4) is 0 Å². The molecular formula is C17H25NO. The van der Waals surface area contributed by atoms with Crippen molar-refractivity contribution in [3.05, 3.63) is 34.9 Å². The van der Waals surface area contributed by atoms with Gasteiger partial charge in [0.05, 0.1) is 0 Å². The van der Waals surface area contributed by atoms with E-state index in [0.29, 0.717) is 12.2 Å². The van der Waals surface area contributed by atoms with Crippen LogP contribution in [0.15, 0.2) is 18.2 Å². The zero-order valence-electron chi connectivity index (χ0n) is 12.0. The molecule has 0 aliphatic carbocycles. The van der Waals surface area contributed by atoms with E-state index in [9.17, 15) is 4.79 Å². The smallest absolute Gasteiger partial charge is 0.162 e. The zero-order chi connectivity index (χ0) is 13.5. The Kier molecular flexibility index (Phi) is 5.59. The molecule has 19 heavy (non-hydrogen) atoms. The Morgan fingerprint density at radius 1 is 1.05 bits per heavy atom. The fourth-order valence-electron chi connectivity index (χ4n) is 2.68. The highest BCUT2D eigenvalue weighted by Crippen LogP contribution is 2.19. The Morgan fingerprint density at radius 2 is 1.79 bits per heavy atom. The third-order valence-electron chi connectivity index (χ3n) is 3.92. The molecule has 104 valence electrons. The monoisotopic (exact) mass is 259 g/mol. The summed E-state index contributed by atoms with van der Waals surface area (Å²) in [7, 11) is 0. The maximum absolute atomic E-state index is 12.1. The van der Waals surface area contributed by atoms with Crippen molar-refractivity contribution in [2.24, 2.45) is 0 Å². The first-order valence-electron chi connectivity index (χ1n) is 7.67. The third kappa shape index (κ3) is 4.17. The van der Waals surface area contributed by atoms with Gasteiger partial charge in [0.15, 0.2) is 5.78 Å². The second-order valence-electron chi connectivity index (χ2n) is 5.53. The molecule has 1 aliphatic rings. The summed E-state index contributed by atoms with van der Waals surface area (Å²) in [5, 5.41) is 3.31. The topological polar surface area (TPSA) is 29.1 Å². The molecule has 1 aliphatic heterocycles. The minimum atomic E-state index is 0.310. The molecule has 2 nitrogen and oxygen atoms in total. The van der Waals surface area contributed by atoms with Crippen LogP contribution in [0.2, 0.25) is 0 Å². The zero-order valence-corrected chi connectivity index (χ0v) is 12.0. The van der Waals surface area contributed by atoms with Crippen LogP contribution >= 0.6 is 0 Å². The fourth-order valence-corrected chi connectivity index (χ4v) is 2.68. The lowest BCUT2D eigenvalue weighted by Crippen LogP contribution is -2.01. The number of hydrogen-bond acceptors (Lipinski definition) is 2. The maximum Gasteiger partial charge on any atom is 0.162 e. The molecule has 0 unspecified atom stereocenters. The number of nitrogens with one attached hydrogen (secondary N) is 1. The fraction of sp³-hybridized carbons (Fsp3) is 0.588. The summed E-state index contributed by atoms with van der Waals surface area (Å²) < 4.78 is 0. The predicted molar refractivity (Wildman–Crippen MR) is 79.3 cm³/mol. The van der Waals surface area contributed by atoms with Gasteiger partial charge in [-0.3, -0.25) is 4.79 Å². The summed E-state index contributed by atoms with van der Waals surface area (Å²) in [5.74, 6) is 0.310. The van der Waals surface area contributed by atoms with Crippen LogP contribution in [-0.2, 0) is 13.1 Å². The second-order valence-corrected chi connectivity index (χ2v) is 5.53. The van der Waals surface area contributed by atoms with E-state index in [0.717, 1.165) is 25.1 Å². The van der Waals surface area contributed by atoms with E-state index < -0.39 is 0 Å². The summed E-state index contributed by atoms with van der Waals surface area (Å²) in [4.78, 5) is 12.1. The van der Waals surface area contributed by atoms with Crippen molar-refractivity contribution in [3.63, 3.8) is 0 Å². The molecule has 0 aromatic heterocycles. The lowest BCUT2D eigenvalue weighted by atomic mass is 10.00. The Morgan fingerprint density at radius 3 is 2.63 bits per heavy atom. The summed E-state index contributed by atoms with van der Waals surface area (Å²) in [6.45, 7) is 4.08. The largest absolute Gasteiger partial charge is 0.309 e. The average molecular weight is 259 g/mol. The number of carbonyl (C=O) groups excluding carboxylic acids is 1. The molecule has 1 N–H and O–H groups in total. The molecule has 0 saturated carbocycles. The summed E-state index contributed by atoms with van der Waals surface area (Å²) in [5.41, 5.74) is 3.54. The summed E-state index contributed by atoms with van der Waals surface area (Å²) >= 11 is 0. The van der Waals surface area contributed by atoms with Gasteiger partial charge in [-0.1, -0.05) is 51.2 Å². The van der Waals surface area contributed by atoms with E-state index in [2.05, 4.69) is 24.4 Å². The van der Waals surface area contributed by atoms with Gasteiger partial charge >= 0.3 is 0 Å². The number of carbonyl (C=O) groups is 1. The highest BCUT2D eigenvalue weighted by molar-refractivity contribution is 5.96. The molecule has 0 bridgehead atoms. The number of benzene rings is 1. The van der Waals surface area contributed by atoms with E-state index in [1.54, 1.807) is 0 Å². The first kappa shape index (κ1) is 14.3. The quantitative estimate of drug-likeness (QED) is 0.559. The minimum absolute atomic E-state index is 0.310. The molecule has 0 saturated heterocycles. The standard InChI is InChI=1S/C17H25NO/c1-2-3-4-5-6-7-8-17(19)14-9-10-15-12-18-13-16(15)11-14/h9-11,18H,2-8,12-13H2,1H3. The van der Waals surface area contributed by atoms with Gasteiger partial charge in [-0.05, 0) is 23.6 Å². The summed E-state index contributed by atoms with van der Waals surface area (Å²) in [6, 6.07) is 6.17. The van der Waals surface area contributed by atoms with Gasteiger partial charge in [0.25, 0.3) is 0 Å². The first-order chi connectivity index (χ1) is 9.31. The molecule has 1 aromatic rings. The van der Waals surface area contributed by atoms with Crippen LogP contribution in [0.1, 0.15) is 73.4 Å². The number of Topliss-reactive ketones (excluding diaryl/α,β-unsaturated/α-hetero) is 1. The molecule has 0 radical (unpaired) electrons. The van der Waals surface area contributed by atoms with Gasteiger partial charge in [0.1, 0.15) is 0 Å². The van der Waals surface area contributed by atoms with Gasteiger partial charge in [-0.2, -0.15) is 0 Å². The van der Waals surface area contributed by atoms with Crippen molar-refractivity contribution >= 4 is 5.78 Å². The number of unbranched alkanes of at least 4 members (excludes halogenated alkanes) is 5. The maximum atomic E-state index is 12.1. The van der Waals surface area contributed by atoms with Crippen LogP contribution in [0.4, 0.5) is 0 Å². The van der Waals surface area contributed by atoms with Gasteiger partial charge < -0.3 is 5.32 Å². The second kappa shape index (κ2) is 7.44. The van der Waals surface area contributed by atoms with Crippen LogP contribution < -0.4 is 5.32 Å². The number of hydrogen-bond donors (Lipinski definition) is 1. The van der Waals surface area contributed by atoms with Crippen LogP contribution in [0.3, 0.4) is 0 Å². The molecule has 1 aromatic carbocycles. The van der Waals surface area contributed by atoms with Crippen molar-refractivity contribution in [1.29, 1.82) is 0 Å². The SMILES string of the molecule is CCCCCCCCC(=O)c1ccc2c(c1)CNC2. The molecule has 2 rings (SSSR count). The molecule has 0 spiro atoms. The van der Waals surface area contributed by atoms with E-state index in [1.165, 1.54) is 43.2 Å². The van der Waals surface area contributed by atoms with Crippen LogP contribution in [0, 0.1) is 0 Å². The Labute approximate surface area is 116 Å². The van der Waals surface area contributed by atoms with Crippen molar-refractivity contribution < 1.29 is 4.79 Å². The van der Waals surface area contributed by atoms with Crippen molar-refractivity contribution in [2.75, 3.05) is 0 Å². The number of fused-ring (bicyclic) bond motifs is 1. The number of rotatable bonds is 8. The lowest BCUT2D eigenvalue weighted by molar-refractivity contribution is 0.0979. The van der Waals surface area contributed by atoms with Gasteiger partial charge in [0.2, 0.25) is 0 Å². The van der Waals surface area contributed by atoms with Gasteiger partial charge in [-0.25, -0.2) is 0 Å². The van der Waals surface area contributed by atoms with Crippen molar-refractivity contribution in [2.45, 2.75) is 65.0 Å². The average Bonchev–Trinajstić information content (AvgIpc) is 2.89. The molecule has 2 heteroatoms. The van der Waals surface area contributed by atoms with Crippen LogP contribution in [-0.4, -0.2) is 5.78 Å². The van der Waals surface area contributed by atoms with Crippen LogP contribution in [0.5, 0.6) is 0 Å². The molecule has 1 heterocycles. The van der Waals surface area contributed by atoms with Crippen molar-refractivity contribution in [1.82, 2.24) is 5.32 Å². The van der Waals surface area contributed by atoms with E-state index >= 15 is 0 Å². The Balaban J connectivity index is 1.74.